The number of carboxylic acid groups (broad SMARTS) is 1. The number of carbonyl (C=O) groups excluding carboxylic acids is 4. The molecular weight excluding hydrogens is 516 g/mol. The number of nitrogens with one attached hydrogen (secondary N) is 2. The van der Waals surface area contributed by atoms with E-state index in [1.165, 1.54) is 37.2 Å². The van der Waals surface area contributed by atoms with Crippen molar-refractivity contribution in [2.75, 3.05) is 20.6 Å². The van der Waals surface area contributed by atoms with Gasteiger partial charge in [-0.1, -0.05) is 37.0 Å². The molecule has 1 aromatic rings. The fraction of sp³-hybridized carbons (Fsp3) is 0.500. The Balaban J connectivity index is 2.16. The summed E-state index contributed by atoms with van der Waals surface area (Å²) in [5, 5.41) is 15.3. The Labute approximate surface area is 218 Å². The van der Waals surface area contributed by atoms with Crippen LogP contribution in [0.25, 0.3) is 0 Å². The quantitative estimate of drug-likeness (QED) is 0.376. The molecule has 36 heavy (non-hydrogen) atoms. The van der Waals surface area contributed by atoms with Gasteiger partial charge in [-0.2, -0.15) is 0 Å². The van der Waals surface area contributed by atoms with Gasteiger partial charge in [0.25, 0.3) is 11.9 Å². The minimum atomic E-state index is -2.15. The molecule has 1 saturated heterocycles. The summed E-state index contributed by atoms with van der Waals surface area (Å²) in [7, 11) is 1.42. The van der Waals surface area contributed by atoms with E-state index in [1.54, 1.807) is 0 Å². The zero-order chi connectivity index (χ0) is 27.2. The highest BCUT2D eigenvalue weighted by Gasteiger charge is 2.54. The van der Waals surface area contributed by atoms with Gasteiger partial charge in [0.15, 0.2) is 5.60 Å². The molecule has 0 unspecified atom stereocenters. The SMILES string of the molecule is CC(C)C[C@H](NC(=O)CNC(=O)c1cc(Cl)ccc1Cl)B1OC(=O)C[C@@](CC(=O)N(C)C)(C(=O)O)O1. The van der Waals surface area contributed by atoms with E-state index in [2.05, 4.69) is 10.6 Å². The van der Waals surface area contributed by atoms with Crippen LogP contribution in [0.1, 0.15) is 43.5 Å². The van der Waals surface area contributed by atoms with Crippen molar-refractivity contribution in [2.45, 2.75) is 44.7 Å². The van der Waals surface area contributed by atoms with Gasteiger partial charge in [-0.15, -0.1) is 0 Å². The molecule has 0 radical (unpaired) electrons. The summed E-state index contributed by atoms with van der Waals surface area (Å²) in [6.45, 7) is 3.22. The number of rotatable bonds is 10. The van der Waals surface area contributed by atoms with Crippen LogP contribution in [-0.2, 0) is 28.5 Å². The van der Waals surface area contributed by atoms with Crippen LogP contribution in [0.15, 0.2) is 18.2 Å². The highest BCUT2D eigenvalue weighted by Crippen LogP contribution is 2.30. The molecule has 1 aliphatic heterocycles. The van der Waals surface area contributed by atoms with Gasteiger partial charge >= 0.3 is 13.1 Å². The topological polar surface area (TPSA) is 151 Å². The number of amides is 3. The van der Waals surface area contributed by atoms with E-state index in [0.717, 1.165) is 0 Å². The number of benzene rings is 1. The second-order valence-corrected chi connectivity index (χ2v) is 9.87. The maximum Gasteiger partial charge on any atom is 0.552 e. The lowest BCUT2D eigenvalue weighted by Gasteiger charge is -2.38. The highest BCUT2D eigenvalue weighted by molar-refractivity contribution is 6.50. The van der Waals surface area contributed by atoms with Gasteiger partial charge in [-0.05, 0) is 30.5 Å². The van der Waals surface area contributed by atoms with Gasteiger partial charge < -0.3 is 29.9 Å². The molecule has 196 valence electrons. The molecule has 1 fully saturated rings. The second-order valence-electron chi connectivity index (χ2n) is 9.03. The molecule has 0 aromatic heterocycles. The van der Waals surface area contributed by atoms with Gasteiger partial charge in [0.1, 0.15) is 0 Å². The molecule has 14 heteroatoms. The first-order valence-corrected chi connectivity index (χ1v) is 11.8. The van der Waals surface area contributed by atoms with Crippen molar-refractivity contribution in [1.82, 2.24) is 15.5 Å². The van der Waals surface area contributed by atoms with Gasteiger partial charge in [0.05, 0.1) is 35.9 Å². The lowest BCUT2D eigenvalue weighted by molar-refractivity contribution is -0.173. The van der Waals surface area contributed by atoms with Gasteiger partial charge in [0.2, 0.25) is 11.8 Å². The standard InChI is InChI=1S/C22H28BCl2N3O8/c1-12(2)7-16(27-17(29)11-26-20(32)14-8-13(24)5-6-15(14)25)23-35-19(31)10-22(36-23,21(33)34)9-18(30)28(3)4/h5-6,8,12,16H,7,9-11H2,1-4H3,(H,26,32)(H,27,29)(H,33,34)/t16-,22-/m0/s1. The third-order valence-corrected chi connectivity index (χ3v) is 5.89. The van der Waals surface area contributed by atoms with E-state index in [1.807, 2.05) is 13.8 Å². The van der Waals surface area contributed by atoms with Crippen LogP contribution in [0.5, 0.6) is 0 Å². The molecule has 2 rings (SSSR count). The minimum Gasteiger partial charge on any atom is -0.508 e. The van der Waals surface area contributed by atoms with Crippen molar-refractivity contribution in [3.63, 3.8) is 0 Å². The van der Waals surface area contributed by atoms with Gasteiger partial charge in [-0.3, -0.25) is 19.2 Å². The van der Waals surface area contributed by atoms with Crippen molar-refractivity contribution in [1.29, 1.82) is 0 Å². The van der Waals surface area contributed by atoms with Crippen LogP contribution in [0.2, 0.25) is 10.0 Å². The van der Waals surface area contributed by atoms with Crippen LogP contribution >= 0.6 is 23.2 Å². The summed E-state index contributed by atoms with van der Waals surface area (Å²) in [5.74, 6) is -5.21. The average Bonchev–Trinajstić information content (AvgIpc) is 2.77. The molecule has 1 heterocycles. The Morgan fingerprint density at radius 3 is 2.47 bits per heavy atom. The Hall–Kier alpha value is -2.83. The summed E-state index contributed by atoms with van der Waals surface area (Å²) in [6, 6.07) is 4.31. The zero-order valence-corrected chi connectivity index (χ0v) is 21.8. The summed E-state index contributed by atoms with van der Waals surface area (Å²) in [5.41, 5.74) is -2.07. The summed E-state index contributed by atoms with van der Waals surface area (Å²) >= 11 is 11.9. The van der Waals surface area contributed by atoms with E-state index in [0.29, 0.717) is 0 Å². The van der Waals surface area contributed by atoms with E-state index < -0.39 is 67.7 Å². The van der Waals surface area contributed by atoms with Crippen molar-refractivity contribution in [3.8, 4) is 0 Å². The average molecular weight is 544 g/mol. The Bertz CT molecular complexity index is 1040. The first-order chi connectivity index (χ1) is 16.7. The first kappa shape index (κ1) is 29.4. The van der Waals surface area contributed by atoms with Gasteiger partial charge in [-0.25, -0.2) is 4.79 Å². The van der Waals surface area contributed by atoms with Crippen LogP contribution in [0.4, 0.5) is 0 Å². The van der Waals surface area contributed by atoms with Crippen molar-refractivity contribution < 1.29 is 38.4 Å². The molecule has 1 aromatic carbocycles. The first-order valence-electron chi connectivity index (χ1n) is 11.1. The number of nitrogens with zero attached hydrogens (tertiary/aromatic N) is 1. The second kappa shape index (κ2) is 12.4. The van der Waals surface area contributed by atoms with Crippen LogP contribution in [0, 0.1) is 5.92 Å². The van der Waals surface area contributed by atoms with Crippen LogP contribution in [0.3, 0.4) is 0 Å². The number of hydrogen-bond donors (Lipinski definition) is 3. The monoisotopic (exact) mass is 543 g/mol. The maximum atomic E-state index is 12.7. The normalized spacial score (nSPS) is 18.3. The Morgan fingerprint density at radius 2 is 1.89 bits per heavy atom. The molecule has 2 atom stereocenters. The Morgan fingerprint density at radius 1 is 1.22 bits per heavy atom. The van der Waals surface area contributed by atoms with E-state index in [4.69, 9.17) is 32.5 Å². The van der Waals surface area contributed by atoms with Gasteiger partial charge in [0, 0.05) is 19.1 Å². The summed E-state index contributed by atoms with van der Waals surface area (Å²) < 4.78 is 10.9. The van der Waals surface area contributed by atoms with Crippen LogP contribution in [-0.4, -0.2) is 79.0 Å². The predicted molar refractivity (Wildman–Crippen MR) is 131 cm³/mol. The number of carbonyl (C=O) groups is 5. The molecule has 0 spiro atoms. The number of aliphatic carboxylic acids is 1. The maximum absolute atomic E-state index is 12.7. The molecule has 0 saturated carbocycles. The lowest BCUT2D eigenvalue weighted by Crippen LogP contribution is -2.62. The minimum absolute atomic E-state index is 0.0259. The van der Waals surface area contributed by atoms with Crippen molar-refractivity contribution in [2.24, 2.45) is 5.92 Å². The van der Waals surface area contributed by atoms with E-state index >= 15 is 0 Å². The Kier molecular flexibility index (Phi) is 10.1. The number of hydrogen-bond acceptors (Lipinski definition) is 7. The lowest BCUT2D eigenvalue weighted by atomic mass is 9.70. The van der Waals surface area contributed by atoms with E-state index in [-0.39, 0.29) is 27.9 Å². The smallest absolute Gasteiger partial charge is 0.508 e. The highest BCUT2D eigenvalue weighted by atomic mass is 35.5. The molecule has 11 nitrogen and oxygen atoms in total. The van der Waals surface area contributed by atoms with Crippen molar-refractivity contribution >= 4 is 60.0 Å². The fourth-order valence-electron chi connectivity index (χ4n) is 3.50. The molecular formula is C22H28BCl2N3O8. The predicted octanol–water partition coefficient (Wildman–Crippen LogP) is 1.55. The molecule has 0 bridgehead atoms. The third kappa shape index (κ3) is 7.84. The molecule has 0 aliphatic carbocycles. The van der Waals surface area contributed by atoms with Crippen LogP contribution < -0.4 is 10.6 Å². The summed E-state index contributed by atoms with van der Waals surface area (Å²) in [6.07, 6.45) is -1.02. The van der Waals surface area contributed by atoms with E-state index in [9.17, 15) is 29.1 Å². The molecule has 3 N–H and O–H groups in total. The number of halogens is 2. The largest absolute Gasteiger partial charge is 0.552 e. The fourth-order valence-corrected chi connectivity index (χ4v) is 3.87. The zero-order valence-electron chi connectivity index (χ0n) is 20.3. The third-order valence-electron chi connectivity index (χ3n) is 5.33. The molecule has 1 aliphatic rings. The molecule has 3 amide bonds. The summed E-state index contributed by atoms with van der Waals surface area (Å²) in [4.78, 5) is 63.0. The van der Waals surface area contributed by atoms with Crippen molar-refractivity contribution in [3.05, 3.63) is 33.8 Å². The number of carboxylic acids is 1.